The molecule has 0 aliphatic carbocycles. The predicted octanol–water partition coefficient (Wildman–Crippen LogP) is 1.34. The lowest BCUT2D eigenvalue weighted by atomic mass is 10.2. The Morgan fingerprint density at radius 1 is 0.833 bits per heavy atom. The van der Waals surface area contributed by atoms with E-state index in [9.17, 15) is 16.8 Å². The van der Waals surface area contributed by atoms with E-state index >= 15 is 0 Å². The fourth-order valence-electron chi connectivity index (χ4n) is 1.99. The summed E-state index contributed by atoms with van der Waals surface area (Å²) in [5, 5.41) is 16.9. The number of sulfonamides is 2. The van der Waals surface area contributed by atoms with Crippen molar-refractivity contribution in [1.82, 2.24) is 9.44 Å². The van der Waals surface area contributed by atoms with Crippen molar-refractivity contribution in [3.05, 3.63) is 0 Å². The first-order valence-electron chi connectivity index (χ1n) is 8.02. The smallest absolute Gasteiger partial charge is 0.214 e. The zero-order valence-corrected chi connectivity index (χ0v) is 15.6. The van der Waals surface area contributed by atoms with E-state index in [1.54, 1.807) is 0 Å². The molecule has 0 fully saturated rings. The number of nitrogens with zero attached hydrogens (tertiary/aromatic N) is 2. The monoisotopic (exact) mass is 378 g/mol. The number of rotatable bonds is 14. The van der Waals surface area contributed by atoms with Gasteiger partial charge in [-0.25, -0.2) is 26.3 Å². The molecule has 10 heteroatoms. The number of hydrogen-bond donors (Lipinski definition) is 2. The highest BCUT2D eigenvalue weighted by Gasteiger charge is 2.36. The van der Waals surface area contributed by atoms with E-state index in [-0.39, 0.29) is 32.4 Å². The van der Waals surface area contributed by atoms with E-state index in [0.717, 1.165) is 12.8 Å². The van der Waals surface area contributed by atoms with Crippen LogP contribution in [0, 0.1) is 22.7 Å². The van der Waals surface area contributed by atoms with Crippen LogP contribution >= 0.6 is 0 Å². The Hall–Kier alpha value is -1.20. The molecular weight excluding hydrogens is 352 g/mol. The van der Waals surface area contributed by atoms with Gasteiger partial charge in [0.15, 0.2) is 4.58 Å². The van der Waals surface area contributed by atoms with Crippen molar-refractivity contribution in [2.75, 3.05) is 13.1 Å². The van der Waals surface area contributed by atoms with Gasteiger partial charge < -0.3 is 0 Å². The van der Waals surface area contributed by atoms with Gasteiger partial charge >= 0.3 is 0 Å². The van der Waals surface area contributed by atoms with Crippen molar-refractivity contribution in [3.8, 4) is 12.1 Å². The minimum absolute atomic E-state index is 0.00894. The van der Waals surface area contributed by atoms with Crippen LogP contribution in [-0.4, -0.2) is 34.5 Å². The highest BCUT2D eigenvalue weighted by atomic mass is 32.3. The van der Waals surface area contributed by atoms with Crippen LogP contribution in [0.25, 0.3) is 0 Å². The molecule has 0 unspecified atom stereocenters. The van der Waals surface area contributed by atoms with Crippen LogP contribution in [0.3, 0.4) is 0 Å². The van der Waals surface area contributed by atoms with Gasteiger partial charge in [0.1, 0.15) is 0 Å². The van der Waals surface area contributed by atoms with Crippen molar-refractivity contribution in [1.29, 1.82) is 10.5 Å². The maximum absolute atomic E-state index is 12.4. The Bertz CT molecular complexity index is 581. The maximum Gasteiger partial charge on any atom is 0.230 e. The van der Waals surface area contributed by atoms with Crippen LogP contribution < -0.4 is 9.44 Å². The minimum atomic E-state index is -4.06. The average molecular weight is 379 g/mol. The number of nitrogens with one attached hydrogen (secondary N) is 2. The molecule has 0 saturated carbocycles. The summed E-state index contributed by atoms with van der Waals surface area (Å²) in [6.45, 7) is 2.01. The number of hydrogen-bond acceptors (Lipinski definition) is 6. The Morgan fingerprint density at radius 3 is 1.67 bits per heavy atom. The van der Waals surface area contributed by atoms with Crippen LogP contribution in [0.15, 0.2) is 0 Å². The van der Waals surface area contributed by atoms with E-state index in [1.165, 1.54) is 0 Å². The highest BCUT2D eigenvalue weighted by molar-refractivity contribution is 8.07. The van der Waals surface area contributed by atoms with E-state index < -0.39 is 24.6 Å². The van der Waals surface area contributed by atoms with Gasteiger partial charge in [-0.2, -0.15) is 10.5 Å². The third kappa shape index (κ3) is 9.18. The number of unbranched alkanes of at least 4 members (excludes halogenated alkanes) is 4. The van der Waals surface area contributed by atoms with Crippen LogP contribution in [0.5, 0.6) is 0 Å². The molecule has 0 amide bonds. The molecule has 0 aromatic heterocycles. The van der Waals surface area contributed by atoms with Crippen LogP contribution in [0.4, 0.5) is 0 Å². The zero-order chi connectivity index (χ0) is 18.5. The molecule has 0 saturated heterocycles. The summed E-state index contributed by atoms with van der Waals surface area (Å²) < 4.78 is 52.4. The highest BCUT2D eigenvalue weighted by Crippen LogP contribution is 2.16. The Morgan fingerprint density at radius 2 is 1.29 bits per heavy atom. The molecule has 8 nitrogen and oxygen atoms in total. The maximum atomic E-state index is 12.4. The van der Waals surface area contributed by atoms with E-state index in [1.807, 2.05) is 19.1 Å². The van der Waals surface area contributed by atoms with Crippen molar-refractivity contribution in [2.24, 2.45) is 0 Å². The molecule has 0 heterocycles. The first kappa shape index (κ1) is 22.8. The Balaban J connectivity index is 4.99. The van der Waals surface area contributed by atoms with Crippen LogP contribution in [0.1, 0.15) is 58.3 Å². The van der Waals surface area contributed by atoms with Gasteiger partial charge in [-0.05, 0) is 19.3 Å². The minimum Gasteiger partial charge on any atom is -0.214 e. The van der Waals surface area contributed by atoms with Crippen molar-refractivity contribution in [2.45, 2.75) is 62.9 Å². The van der Waals surface area contributed by atoms with Gasteiger partial charge in [-0.15, -0.1) is 0 Å². The summed E-state index contributed by atoms with van der Waals surface area (Å²) in [7, 11) is -8.12. The van der Waals surface area contributed by atoms with E-state index in [0.29, 0.717) is 19.3 Å². The Labute approximate surface area is 145 Å². The third-order valence-corrected chi connectivity index (χ3v) is 7.86. The fraction of sp³-hybridized carbons (Fsp3) is 0.857. The van der Waals surface area contributed by atoms with Gasteiger partial charge in [0.25, 0.3) is 0 Å². The molecule has 0 bridgehead atoms. The summed E-state index contributed by atoms with van der Waals surface area (Å²) in [6, 6.07) is 3.81. The number of nitriles is 2. The molecule has 0 atom stereocenters. The van der Waals surface area contributed by atoms with Gasteiger partial charge in [0.2, 0.25) is 20.0 Å². The molecule has 0 spiro atoms. The summed E-state index contributed by atoms with van der Waals surface area (Å²) in [5.41, 5.74) is 0. The second kappa shape index (κ2) is 12.2. The Kier molecular flexibility index (Phi) is 11.6. The normalized spacial score (nSPS) is 12.0. The second-order valence-electron chi connectivity index (χ2n) is 5.33. The first-order chi connectivity index (χ1) is 11.3. The standard InChI is InChI=1S/C14H26N4O4S2/c1-2-3-4-9-14(23(19,20)17-12-7-5-10-15)24(21,22)18-13-8-6-11-16/h14,17-18H,2-9,12-13H2,1H3. The molecule has 2 N–H and O–H groups in total. The van der Waals surface area contributed by atoms with Gasteiger partial charge in [0.05, 0.1) is 12.1 Å². The van der Waals surface area contributed by atoms with Crippen LogP contribution in [-0.2, 0) is 20.0 Å². The topological polar surface area (TPSA) is 140 Å². The van der Waals surface area contributed by atoms with Gasteiger partial charge in [-0.1, -0.05) is 26.2 Å². The summed E-state index contributed by atoms with van der Waals surface area (Å²) >= 11 is 0. The first-order valence-corrected chi connectivity index (χ1v) is 11.1. The molecule has 0 aliphatic heterocycles. The fourth-order valence-corrected chi connectivity index (χ4v) is 5.91. The average Bonchev–Trinajstić information content (AvgIpc) is 2.52. The molecule has 24 heavy (non-hydrogen) atoms. The molecule has 138 valence electrons. The molecular formula is C14H26N4O4S2. The summed E-state index contributed by atoms with van der Waals surface area (Å²) in [6.07, 6.45) is 3.13. The predicted molar refractivity (Wildman–Crippen MR) is 91.5 cm³/mol. The van der Waals surface area contributed by atoms with E-state index in [4.69, 9.17) is 10.5 Å². The van der Waals surface area contributed by atoms with E-state index in [2.05, 4.69) is 9.44 Å². The SMILES string of the molecule is CCCCCC(S(=O)(=O)NCCCC#N)S(=O)(=O)NCCCC#N. The lowest BCUT2D eigenvalue weighted by Crippen LogP contribution is -2.45. The van der Waals surface area contributed by atoms with Crippen molar-refractivity contribution in [3.63, 3.8) is 0 Å². The largest absolute Gasteiger partial charge is 0.230 e. The van der Waals surface area contributed by atoms with Gasteiger partial charge in [-0.3, -0.25) is 0 Å². The van der Waals surface area contributed by atoms with Crippen LogP contribution in [0.2, 0.25) is 0 Å². The molecule has 0 rings (SSSR count). The molecule has 0 aromatic rings. The quantitative estimate of drug-likeness (QED) is 0.437. The zero-order valence-electron chi connectivity index (χ0n) is 14.0. The molecule has 0 aliphatic rings. The lowest BCUT2D eigenvalue weighted by molar-refractivity contribution is 0.544. The summed E-state index contributed by atoms with van der Waals surface area (Å²) in [4.78, 5) is 0. The summed E-state index contributed by atoms with van der Waals surface area (Å²) in [5.74, 6) is 0. The van der Waals surface area contributed by atoms with Crippen molar-refractivity contribution >= 4 is 20.0 Å². The van der Waals surface area contributed by atoms with Crippen molar-refractivity contribution < 1.29 is 16.8 Å². The third-order valence-electron chi connectivity index (χ3n) is 3.27. The van der Waals surface area contributed by atoms with Gasteiger partial charge in [0, 0.05) is 25.9 Å². The molecule has 0 radical (unpaired) electrons. The lowest BCUT2D eigenvalue weighted by Gasteiger charge is -2.19. The second-order valence-corrected chi connectivity index (χ2v) is 9.52. The molecule has 0 aromatic carbocycles.